The number of amides is 1. The molecule has 1 unspecified atom stereocenters. The average Bonchev–Trinajstić information content (AvgIpc) is 2.93. The van der Waals surface area contributed by atoms with Crippen molar-refractivity contribution in [1.29, 1.82) is 10.7 Å². The fourth-order valence-electron chi connectivity index (χ4n) is 4.38. The highest BCUT2D eigenvalue weighted by atomic mass is 16.5. The topological polar surface area (TPSA) is 128 Å². The number of primary amides is 1. The first-order chi connectivity index (χ1) is 17.9. The third-order valence-corrected chi connectivity index (χ3v) is 6.28. The van der Waals surface area contributed by atoms with Gasteiger partial charge in [-0.05, 0) is 67.4 Å². The number of nitrogens with two attached hydrogens (primary N) is 1. The van der Waals surface area contributed by atoms with Gasteiger partial charge in [0.05, 0.1) is 28.6 Å². The summed E-state index contributed by atoms with van der Waals surface area (Å²) < 4.78 is 5.82. The van der Waals surface area contributed by atoms with Crippen LogP contribution < -0.4 is 15.8 Å². The normalized spacial score (nSPS) is 14.8. The maximum absolute atomic E-state index is 12.4. The van der Waals surface area contributed by atoms with Crippen LogP contribution in [0, 0.1) is 16.7 Å². The number of carbonyl (C=O) groups excluding carboxylic acids is 1. The average molecular weight is 493 g/mol. The predicted molar refractivity (Wildman–Crippen MR) is 144 cm³/mol. The van der Waals surface area contributed by atoms with E-state index in [-0.39, 0.29) is 22.9 Å². The van der Waals surface area contributed by atoms with Crippen molar-refractivity contribution in [2.45, 2.75) is 18.9 Å². The highest BCUT2D eigenvalue weighted by molar-refractivity contribution is 6.18. The summed E-state index contributed by atoms with van der Waals surface area (Å²) >= 11 is 0. The molecule has 3 aromatic rings. The Hall–Kier alpha value is -4.90. The van der Waals surface area contributed by atoms with Crippen molar-refractivity contribution in [1.82, 2.24) is 9.88 Å². The standard InChI is InChI=1S/C29H28N6O2/c1-3-19(2)35-16-4-5-22(18-35)34-28-25(29(32)36)11-8-21(17-30)26(28)27(31)20-6-9-23(10-7-20)37-24-12-14-33-15-13-24/h3,6-15,22,31,34H,1-2,4-5,16,18H2,(H2,32,36). The van der Waals surface area contributed by atoms with E-state index in [1.165, 1.54) is 12.1 Å². The number of rotatable bonds is 9. The molecular formula is C29H28N6O2. The summed E-state index contributed by atoms with van der Waals surface area (Å²) in [5, 5.41) is 22.3. The molecule has 4 rings (SSSR count). The quantitative estimate of drug-likeness (QED) is 0.290. The van der Waals surface area contributed by atoms with Crippen LogP contribution >= 0.6 is 0 Å². The number of hydrogen-bond acceptors (Lipinski definition) is 7. The van der Waals surface area contributed by atoms with E-state index in [1.807, 2.05) is 0 Å². The molecule has 1 fully saturated rings. The van der Waals surface area contributed by atoms with E-state index in [0.29, 0.717) is 34.9 Å². The van der Waals surface area contributed by atoms with Crippen LogP contribution in [0.2, 0.25) is 0 Å². The number of piperidine rings is 1. The lowest BCUT2D eigenvalue weighted by molar-refractivity contribution is 0.100. The van der Waals surface area contributed by atoms with Gasteiger partial charge in [-0.15, -0.1) is 0 Å². The molecule has 2 aromatic carbocycles. The Bertz CT molecular complexity index is 1380. The van der Waals surface area contributed by atoms with Crippen molar-refractivity contribution in [3.8, 4) is 17.6 Å². The number of nitrogens with zero attached hydrogens (tertiary/aromatic N) is 3. The van der Waals surface area contributed by atoms with Crippen LogP contribution in [0.1, 0.15) is 39.9 Å². The third kappa shape index (κ3) is 5.68. The van der Waals surface area contributed by atoms with Gasteiger partial charge >= 0.3 is 0 Å². The van der Waals surface area contributed by atoms with Gasteiger partial charge in [-0.1, -0.05) is 13.2 Å². The summed E-state index contributed by atoms with van der Waals surface area (Å²) in [6.45, 7) is 9.36. The van der Waals surface area contributed by atoms with E-state index in [2.05, 4.69) is 34.4 Å². The molecule has 1 aliphatic rings. The minimum atomic E-state index is -0.634. The summed E-state index contributed by atoms with van der Waals surface area (Å²) in [4.78, 5) is 18.5. The first kappa shape index (κ1) is 25.2. The van der Waals surface area contributed by atoms with E-state index in [0.717, 1.165) is 25.1 Å². The maximum atomic E-state index is 12.4. The molecule has 1 aliphatic heterocycles. The molecule has 4 N–H and O–H groups in total. The molecule has 0 bridgehead atoms. The van der Waals surface area contributed by atoms with Gasteiger partial charge in [0.15, 0.2) is 0 Å². The van der Waals surface area contributed by atoms with Crippen LogP contribution in [0.25, 0.3) is 0 Å². The summed E-state index contributed by atoms with van der Waals surface area (Å²) in [6, 6.07) is 15.7. The first-order valence-electron chi connectivity index (χ1n) is 11.9. The van der Waals surface area contributed by atoms with Crippen LogP contribution in [-0.2, 0) is 0 Å². The zero-order valence-corrected chi connectivity index (χ0v) is 20.4. The van der Waals surface area contributed by atoms with Gasteiger partial charge in [-0.3, -0.25) is 15.2 Å². The lowest BCUT2D eigenvalue weighted by Gasteiger charge is -2.36. The fourth-order valence-corrected chi connectivity index (χ4v) is 4.38. The molecule has 0 radical (unpaired) electrons. The summed E-state index contributed by atoms with van der Waals surface area (Å²) in [5.41, 5.74) is 8.44. The summed E-state index contributed by atoms with van der Waals surface area (Å²) in [5.74, 6) is 0.605. The molecule has 2 heterocycles. The van der Waals surface area contributed by atoms with Crippen molar-refractivity contribution < 1.29 is 9.53 Å². The Labute approximate surface area is 216 Å². The summed E-state index contributed by atoms with van der Waals surface area (Å²) in [6.07, 6.45) is 6.77. The van der Waals surface area contributed by atoms with Gasteiger partial charge in [-0.2, -0.15) is 5.26 Å². The van der Waals surface area contributed by atoms with Gasteiger partial charge in [-0.25, -0.2) is 0 Å². The molecule has 186 valence electrons. The van der Waals surface area contributed by atoms with Crippen molar-refractivity contribution in [3.05, 3.63) is 108 Å². The van der Waals surface area contributed by atoms with Gasteiger partial charge in [0.2, 0.25) is 0 Å². The minimum absolute atomic E-state index is 0.0415. The molecule has 37 heavy (non-hydrogen) atoms. The van der Waals surface area contributed by atoms with E-state index in [9.17, 15) is 10.1 Å². The van der Waals surface area contributed by atoms with Crippen molar-refractivity contribution in [3.63, 3.8) is 0 Å². The molecule has 1 amide bonds. The Morgan fingerprint density at radius 1 is 1.19 bits per heavy atom. The molecule has 0 spiro atoms. The first-order valence-corrected chi connectivity index (χ1v) is 11.9. The van der Waals surface area contributed by atoms with E-state index < -0.39 is 5.91 Å². The zero-order valence-electron chi connectivity index (χ0n) is 20.4. The van der Waals surface area contributed by atoms with Crippen LogP contribution in [0.4, 0.5) is 5.69 Å². The number of anilines is 1. The number of ether oxygens (including phenoxy) is 1. The monoisotopic (exact) mass is 492 g/mol. The van der Waals surface area contributed by atoms with Crippen LogP contribution in [0.3, 0.4) is 0 Å². The number of aromatic nitrogens is 1. The highest BCUT2D eigenvalue weighted by Gasteiger charge is 2.26. The summed E-state index contributed by atoms with van der Waals surface area (Å²) in [7, 11) is 0. The van der Waals surface area contributed by atoms with Gasteiger partial charge in [0, 0.05) is 48.3 Å². The van der Waals surface area contributed by atoms with Gasteiger partial charge in [0.25, 0.3) is 5.91 Å². The molecule has 0 aliphatic carbocycles. The van der Waals surface area contributed by atoms with Crippen LogP contribution in [0.5, 0.6) is 11.5 Å². The lowest BCUT2D eigenvalue weighted by Crippen LogP contribution is -2.41. The third-order valence-electron chi connectivity index (χ3n) is 6.28. The van der Waals surface area contributed by atoms with Crippen LogP contribution in [0.15, 0.2) is 85.9 Å². The van der Waals surface area contributed by atoms with Crippen molar-refractivity contribution >= 4 is 17.3 Å². The zero-order chi connectivity index (χ0) is 26.4. The maximum Gasteiger partial charge on any atom is 0.250 e. The smallest absolute Gasteiger partial charge is 0.250 e. The van der Waals surface area contributed by atoms with Gasteiger partial charge < -0.3 is 20.7 Å². The number of nitrogens with one attached hydrogen (secondary N) is 2. The Morgan fingerprint density at radius 2 is 1.89 bits per heavy atom. The van der Waals surface area contributed by atoms with Crippen molar-refractivity contribution in [2.24, 2.45) is 5.73 Å². The second kappa shape index (κ2) is 11.2. The second-order valence-electron chi connectivity index (χ2n) is 8.70. The van der Waals surface area contributed by atoms with E-state index in [4.69, 9.17) is 15.9 Å². The number of likely N-dealkylation sites (tertiary alicyclic amines) is 1. The molecule has 1 saturated heterocycles. The SMILES string of the molecule is C=CC(=C)N1CCCC(Nc2c(C(N)=O)ccc(C#N)c2C(=N)c2ccc(Oc3ccncc3)cc2)C1. The molecule has 8 nitrogen and oxygen atoms in total. The predicted octanol–water partition coefficient (Wildman–Crippen LogP) is 4.84. The molecule has 0 saturated carbocycles. The molecule has 8 heteroatoms. The van der Waals surface area contributed by atoms with E-state index >= 15 is 0 Å². The number of pyridine rings is 1. The number of hydrogen-bond donors (Lipinski definition) is 3. The second-order valence-corrected chi connectivity index (χ2v) is 8.70. The Kier molecular flexibility index (Phi) is 7.65. The Balaban J connectivity index is 1.68. The Morgan fingerprint density at radius 3 is 2.54 bits per heavy atom. The molecule has 1 aromatic heterocycles. The highest BCUT2D eigenvalue weighted by Crippen LogP contribution is 2.31. The van der Waals surface area contributed by atoms with Gasteiger partial charge in [0.1, 0.15) is 11.5 Å². The van der Waals surface area contributed by atoms with E-state index in [1.54, 1.807) is 54.9 Å². The van der Waals surface area contributed by atoms with Crippen molar-refractivity contribution in [2.75, 3.05) is 18.4 Å². The lowest BCUT2D eigenvalue weighted by atomic mass is 9.92. The largest absolute Gasteiger partial charge is 0.457 e. The minimum Gasteiger partial charge on any atom is -0.457 e. The number of allylic oxidation sites excluding steroid dienone is 1. The number of nitriles is 1. The molecule has 1 atom stereocenters. The molecular weight excluding hydrogens is 464 g/mol. The fraction of sp³-hybridized carbons (Fsp3) is 0.172. The number of carbonyl (C=O) groups is 1. The number of benzene rings is 2. The van der Waals surface area contributed by atoms with Crippen LogP contribution in [-0.4, -0.2) is 40.6 Å².